The van der Waals surface area contributed by atoms with Crippen LogP contribution in [0.1, 0.15) is 35.5 Å². The van der Waals surface area contributed by atoms with E-state index < -0.39 is 21.5 Å². The van der Waals surface area contributed by atoms with Crippen molar-refractivity contribution in [2.45, 2.75) is 25.1 Å². The van der Waals surface area contributed by atoms with E-state index in [9.17, 15) is 13.2 Å². The Hall–Kier alpha value is -1.77. The van der Waals surface area contributed by atoms with Gasteiger partial charge in [-0.1, -0.05) is 12.1 Å². The monoisotopic (exact) mass is 340 g/mol. The molecule has 8 heteroatoms. The van der Waals surface area contributed by atoms with E-state index in [1.807, 2.05) is 0 Å². The second kappa shape index (κ2) is 6.15. The third kappa shape index (κ3) is 4.12. The third-order valence-corrected chi connectivity index (χ3v) is 5.22. The van der Waals surface area contributed by atoms with Gasteiger partial charge in [-0.2, -0.15) is 0 Å². The third-order valence-electron chi connectivity index (χ3n) is 3.09. The Labute approximate surface area is 132 Å². The lowest BCUT2D eigenvalue weighted by atomic mass is 9.95. The molecule has 6 nitrogen and oxygen atoms in total. The highest BCUT2D eigenvalue weighted by Gasteiger charge is 2.27. The first-order valence-corrected chi connectivity index (χ1v) is 9.02. The van der Waals surface area contributed by atoms with E-state index in [4.69, 9.17) is 5.11 Å². The maximum atomic E-state index is 12.2. The number of carboxylic acid groups (broad SMARTS) is 1. The number of benzene rings is 1. The normalized spacial score (nSPS) is 12.3. The zero-order valence-corrected chi connectivity index (χ0v) is 13.7. The van der Waals surface area contributed by atoms with Gasteiger partial charge in [0, 0.05) is 5.38 Å². The highest BCUT2D eigenvalue weighted by molar-refractivity contribution is 7.88. The Morgan fingerprint density at radius 2 is 1.95 bits per heavy atom. The fraction of sp³-hybridized carbons (Fsp3) is 0.286. The molecule has 0 aliphatic heterocycles. The van der Waals surface area contributed by atoms with Crippen LogP contribution in [-0.2, 0) is 21.3 Å². The van der Waals surface area contributed by atoms with Crippen molar-refractivity contribution in [3.8, 4) is 0 Å². The van der Waals surface area contributed by atoms with Crippen molar-refractivity contribution in [3.05, 3.63) is 52.0 Å². The largest absolute Gasteiger partial charge is 0.478 e. The topological polar surface area (TPSA) is 96.4 Å². The van der Waals surface area contributed by atoms with Gasteiger partial charge < -0.3 is 5.11 Å². The van der Waals surface area contributed by atoms with Gasteiger partial charge in [-0.25, -0.2) is 22.9 Å². The molecule has 0 amide bonds. The van der Waals surface area contributed by atoms with Crippen LogP contribution >= 0.6 is 11.3 Å². The minimum Gasteiger partial charge on any atom is -0.478 e. The number of aromatic carboxylic acids is 1. The number of nitrogens with zero attached hydrogens (tertiary/aromatic N) is 1. The first-order valence-electron chi connectivity index (χ1n) is 6.42. The predicted octanol–water partition coefficient (Wildman–Crippen LogP) is 2.20. The standard InChI is InChI=1S/C14H16N2O4S2/c1-14(2,11-5-3-10(4-6-11)13(17)18)16-22(19,20)8-12-7-21-9-15-12/h3-7,9,16H,8H2,1-2H3,(H,17,18). The van der Waals surface area contributed by atoms with Crippen LogP contribution in [0.15, 0.2) is 35.2 Å². The van der Waals surface area contributed by atoms with Crippen molar-refractivity contribution in [1.82, 2.24) is 9.71 Å². The van der Waals surface area contributed by atoms with Gasteiger partial charge in [0.2, 0.25) is 10.0 Å². The molecule has 2 N–H and O–H groups in total. The van der Waals surface area contributed by atoms with Crippen molar-refractivity contribution in [3.63, 3.8) is 0 Å². The molecule has 1 aromatic heterocycles. The van der Waals surface area contributed by atoms with Crippen molar-refractivity contribution in [2.24, 2.45) is 0 Å². The van der Waals surface area contributed by atoms with Gasteiger partial charge in [-0.3, -0.25) is 0 Å². The van der Waals surface area contributed by atoms with Crippen molar-refractivity contribution < 1.29 is 18.3 Å². The fourth-order valence-corrected chi connectivity index (χ4v) is 4.20. The summed E-state index contributed by atoms with van der Waals surface area (Å²) in [7, 11) is -3.56. The summed E-state index contributed by atoms with van der Waals surface area (Å²) in [6, 6.07) is 6.12. The number of thiazole rings is 1. The fourth-order valence-electron chi connectivity index (χ4n) is 2.02. The second-order valence-electron chi connectivity index (χ2n) is 5.35. The molecule has 0 saturated heterocycles. The van der Waals surface area contributed by atoms with E-state index >= 15 is 0 Å². The average molecular weight is 340 g/mol. The summed E-state index contributed by atoms with van der Waals surface area (Å²) in [5.41, 5.74) is 2.06. The maximum absolute atomic E-state index is 12.2. The summed E-state index contributed by atoms with van der Waals surface area (Å²) < 4.78 is 27.1. The minimum atomic E-state index is -3.56. The lowest BCUT2D eigenvalue weighted by Crippen LogP contribution is -2.41. The molecule has 0 unspecified atom stereocenters. The molecule has 0 atom stereocenters. The number of hydrogen-bond acceptors (Lipinski definition) is 5. The minimum absolute atomic E-state index is 0.157. The van der Waals surface area contributed by atoms with E-state index in [0.29, 0.717) is 11.3 Å². The highest BCUT2D eigenvalue weighted by atomic mass is 32.2. The second-order valence-corrected chi connectivity index (χ2v) is 7.79. The number of carbonyl (C=O) groups is 1. The predicted molar refractivity (Wildman–Crippen MR) is 84.3 cm³/mol. The number of carboxylic acids is 1. The molecule has 0 aliphatic carbocycles. The van der Waals surface area contributed by atoms with Gasteiger partial charge in [-0.15, -0.1) is 11.3 Å². The Kier molecular flexibility index (Phi) is 4.64. The van der Waals surface area contributed by atoms with Crippen LogP contribution in [0.25, 0.3) is 0 Å². The number of hydrogen-bond donors (Lipinski definition) is 2. The van der Waals surface area contributed by atoms with Crippen LogP contribution < -0.4 is 4.72 Å². The van der Waals surface area contributed by atoms with Crippen LogP contribution in [-0.4, -0.2) is 24.5 Å². The number of aromatic nitrogens is 1. The molecule has 0 radical (unpaired) electrons. The molecular formula is C14H16N2O4S2. The molecular weight excluding hydrogens is 324 g/mol. The summed E-state index contributed by atoms with van der Waals surface area (Å²) in [6.07, 6.45) is 0. The van der Waals surface area contributed by atoms with Crippen molar-refractivity contribution in [1.29, 1.82) is 0 Å². The van der Waals surface area contributed by atoms with Crippen molar-refractivity contribution >= 4 is 27.3 Å². The summed E-state index contributed by atoms with van der Waals surface area (Å²) in [6.45, 7) is 3.45. The maximum Gasteiger partial charge on any atom is 0.335 e. The van der Waals surface area contributed by atoms with Crippen molar-refractivity contribution in [2.75, 3.05) is 0 Å². The van der Waals surface area contributed by atoms with Crippen LogP contribution in [0.4, 0.5) is 0 Å². The van der Waals surface area contributed by atoms with Gasteiger partial charge >= 0.3 is 5.97 Å². The Bertz CT molecular complexity index is 751. The summed E-state index contributed by atoms with van der Waals surface area (Å²) in [5, 5.41) is 10.6. The van der Waals surface area contributed by atoms with Crippen LogP contribution in [0.3, 0.4) is 0 Å². The lowest BCUT2D eigenvalue weighted by molar-refractivity contribution is 0.0696. The van der Waals surface area contributed by atoms with E-state index in [1.165, 1.54) is 23.5 Å². The molecule has 1 aromatic carbocycles. The molecule has 0 spiro atoms. The van der Waals surface area contributed by atoms with Gasteiger partial charge in [0.15, 0.2) is 0 Å². The smallest absolute Gasteiger partial charge is 0.335 e. The van der Waals surface area contributed by atoms with E-state index in [-0.39, 0.29) is 11.3 Å². The molecule has 0 bridgehead atoms. The first-order chi connectivity index (χ1) is 10.2. The number of rotatable bonds is 6. The zero-order chi connectivity index (χ0) is 16.4. The summed E-state index contributed by atoms with van der Waals surface area (Å²) in [5.74, 6) is -1.21. The van der Waals surface area contributed by atoms with E-state index in [0.717, 1.165) is 0 Å². The van der Waals surface area contributed by atoms with Crippen LogP contribution in [0, 0.1) is 0 Å². The first kappa shape index (κ1) is 16.6. The molecule has 2 aromatic rings. The highest BCUT2D eigenvalue weighted by Crippen LogP contribution is 2.22. The number of sulfonamides is 1. The molecule has 0 fully saturated rings. The molecule has 118 valence electrons. The van der Waals surface area contributed by atoms with E-state index in [1.54, 1.807) is 36.9 Å². The molecule has 22 heavy (non-hydrogen) atoms. The van der Waals surface area contributed by atoms with Gasteiger partial charge in [0.25, 0.3) is 0 Å². The summed E-state index contributed by atoms with van der Waals surface area (Å²) in [4.78, 5) is 14.8. The molecule has 0 aliphatic rings. The molecule has 1 heterocycles. The van der Waals surface area contributed by atoms with E-state index in [2.05, 4.69) is 9.71 Å². The average Bonchev–Trinajstić information content (AvgIpc) is 2.89. The SMILES string of the molecule is CC(C)(NS(=O)(=O)Cc1cscn1)c1ccc(C(=O)O)cc1. The van der Waals surface area contributed by atoms with Gasteiger partial charge in [0.05, 0.1) is 22.3 Å². The Balaban J connectivity index is 2.17. The van der Waals surface area contributed by atoms with Gasteiger partial charge in [0.1, 0.15) is 5.75 Å². The molecule has 0 saturated carbocycles. The van der Waals surface area contributed by atoms with Gasteiger partial charge in [-0.05, 0) is 31.5 Å². The lowest BCUT2D eigenvalue weighted by Gasteiger charge is -2.26. The zero-order valence-electron chi connectivity index (χ0n) is 12.1. The van der Waals surface area contributed by atoms with Crippen LogP contribution in [0.5, 0.6) is 0 Å². The summed E-state index contributed by atoms with van der Waals surface area (Å²) >= 11 is 1.34. The number of nitrogens with one attached hydrogen (secondary N) is 1. The Morgan fingerprint density at radius 3 is 2.45 bits per heavy atom. The Morgan fingerprint density at radius 1 is 1.32 bits per heavy atom. The quantitative estimate of drug-likeness (QED) is 0.840. The molecule has 2 rings (SSSR count). The van der Waals surface area contributed by atoms with Crippen LogP contribution in [0.2, 0.25) is 0 Å².